The van der Waals surface area contributed by atoms with E-state index in [0.717, 1.165) is 0 Å². The average molecular weight is 537 g/mol. The maximum atomic E-state index is 14.2. The number of carbonyl (C=O) groups excluding carboxylic acids is 2. The second-order valence-electron chi connectivity index (χ2n) is 8.93. The SMILES string of the molecule is C=CCN(C(=O)[C@@H]1N([C@@H](CC)CO)C(=O)[C@H]2[C@H](C(=O)O)[C@H]3O[C@@]12CC3Br)c1ccc(OC)cc1. The minimum Gasteiger partial charge on any atom is -0.497 e. The van der Waals surface area contributed by atoms with E-state index in [9.17, 15) is 24.6 Å². The molecule has 3 aliphatic heterocycles. The van der Waals surface area contributed by atoms with E-state index in [2.05, 4.69) is 22.5 Å². The molecule has 10 heteroatoms. The van der Waals surface area contributed by atoms with Gasteiger partial charge in [0.05, 0.1) is 37.7 Å². The number of methoxy groups -OCH3 is 1. The molecule has 1 aromatic carbocycles. The second-order valence-corrected chi connectivity index (χ2v) is 10.1. The molecule has 4 rings (SSSR count). The highest BCUT2D eigenvalue weighted by molar-refractivity contribution is 9.09. The first kappa shape index (κ1) is 24.7. The van der Waals surface area contributed by atoms with Crippen LogP contribution in [-0.2, 0) is 19.1 Å². The molecule has 2 N–H and O–H groups in total. The summed E-state index contributed by atoms with van der Waals surface area (Å²) in [6, 6.07) is 5.20. The van der Waals surface area contributed by atoms with Crippen LogP contribution in [0.25, 0.3) is 0 Å². The number of aliphatic carboxylic acids is 1. The summed E-state index contributed by atoms with van der Waals surface area (Å²) in [4.78, 5) is 42.7. The number of likely N-dealkylation sites (tertiary alicyclic amines) is 1. The number of carbonyl (C=O) groups is 3. The van der Waals surface area contributed by atoms with Crippen LogP contribution in [0, 0.1) is 11.8 Å². The van der Waals surface area contributed by atoms with Crippen LogP contribution < -0.4 is 9.64 Å². The number of benzene rings is 1. The van der Waals surface area contributed by atoms with E-state index in [1.807, 2.05) is 6.92 Å². The lowest BCUT2D eigenvalue weighted by Gasteiger charge is -2.39. The summed E-state index contributed by atoms with van der Waals surface area (Å²) in [7, 11) is 1.55. The predicted molar refractivity (Wildman–Crippen MR) is 127 cm³/mol. The number of carboxylic acids is 1. The van der Waals surface area contributed by atoms with Crippen molar-refractivity contribution in [2.45, 2.75) is 48.4 Å². The topological polar surface area (TPSA) is 117 Å². The molecule has 3 fully saturated rings. The Balaban J connectivity index is 1.83. The number of rotatable bonds is 9. The molecule has 3 heterocycles. The molecule has 1 unspecified atom stereocenters. The molecule has 0 radical (unpaired) electrons. The van der Waals surface area contributed by atoms with Crippen molar-refractivity contribution in [1.82, 2.24) is 4.90 Å². The molecule has 0 aliphatic carbocycles. The number of hydrogen-bond donors (Lipinski definition) is 2. The van der Waals surface area contributed by atoms with Gasteiger partial charge in [0.2, 0.25) is 5.91 Å². The smallest absolute Gasteiger partial charge is 0.310 e. The fraction of sp³-hybridized carbons (Fsp3) is 0.542. The molecule has 0 aromatic heterocycles. The van der Waals surface area contributed by atoms with Gasteiger partial charge in [0.15, 0.2) is 0 Å². The fourth-order valence-electron chi connectivity index (χ4n) is 5.80. The number of hydrogen-bond acceptors (Lipinski definition) is 6. The van der Waals surface area contributed by atoms with Crippen LogP contribution in [0.3, 0.4) is 0 Å². The molecular weight excluding hydrogens is 508 g/mol. The molecule has 2 bridgehead atoms. The Morgan fingerprint density at radius 3 is 2.62 bits per heavy atom. The summed E-state index contributed by atoms with van der Waals surface area (Å²) in [6.45, 7) is 5.41. The van der Waals surface area contributed by atoms with Crippen molar-refractivity contribution in [3.63, 3.8) is 0 Å². The van der Waals surface area contributed by atoms with Gasteiger partial charge in [-0.25, -0.2) is 0 Å². The summed E-state index contributed by atoms with van der Waals surface area (Å²) in [5.74, 6) is -3.43. The molecule has 3 aliphatic rings. The molecule has 1 aromatic rings. The molecular formula is C24H29BrN2O7. The van der Waals surface area contributed by atoms with E-state index in [0.29, 0.717) is 24.3 Å². The van der Waals surface area contributed by atoms with Crippen molar-refractivity contribution in [3.8, 4) is 5.75 Å². The highest BCUT2D eigenvalue weighted by Gasteiger charge is 2.77. The minimum absolute atomic E-state index is 0.171. The van der Waals surface area contributed by atoms with Gasteiger partial charge in [0.25, 0.3) is 5.91 Å². The zero-order valence-electron chi connectivity index (χ0n) is 19.1. The molecule has 2 amide bonds. The van der Waals surface area contributed by atoms with Gasteiger partial charge in [-0.15, -0.1) is 6.58 Å². The van der Waals surface area contributed by atoms with Crippen LogP contribution in [-0.4, -0.2) is 81.8 Å². The Morgan fingerprint density at radius 2 is 2.09 bits per heavy atom. The molecule has 9 nitrogen and oxygen atoms in total. The van der Waals surface area contributed by atoms with Crippen LogP contribution in [0.2, 0.25) is 0 Å². The maximum absolute atomic E-state index is 14.2. The van der Waals surface area contributed by atoms with Crippen molar-refractivity contribution in [1.29, 1.82) is 0 Å². The summed E-state index contributed by atoms with van der Waals surface area (Å²) in [6.07, 6.45) is 1.59. The molecule has 1 spiro atoms. The number of amides is 2. The van der Waals surface area contributed by atoms with Gasteiger partial charge in [0.1, 0.15) is 17.4 Å². The minimum atomic E-state index is -1.30. The van der Waals surface area contributed by atoms with Crippen molar-refractivity contribution in [2.75, 3.05) is 25.2 Å². The Morgan fingerprint density at radius 1 is 1.41 bits per heavy atom. The van der Waals surface area contributed by atoms with Crippen molar-refractivity contribution in [2.24, 2.45) is 11.8 Å². The summed E-state index contributed by atoms with van der Waals surface area (Å²) < 4.78 is 11.5. The number of halogens is 1. The third-order valence-corrected chi connectivity index (χ3v) is 8.13. The second kappa shape index (κ2) is 9.31. The number of carboxylic acid groups (broad SMARTS) is 1. The average Bonchev–Trinajstić information content (AvgIpc) is 3.42. The zero-order valence-corrected chi connectivity index (χ0v) is 20.7. The number of ether oxygens (including phenoxy) is 2. The summed E-state index contributed by atoms with van der Waals surface area (Å²) >= 11 is 3.53. The molecule has 7 atom stereocenters. The molecule has 184 valence electrons. The van der Waals surface area contributed by atoms with E-state index < -0.39 is 53.4 Å². The Bertz CT molecular complexity index is 982. The molecule has 3 saturated heterocycles. The lowest BCUT2D eigenvalue weighted by molar-refractivity contribution is -0.150. The van der Waals surface area contributed by atoms with E-state index in [1.165, 1.54) is 9.80 Å². The van der Waals surface area contributed by atoms with Crippen molar-refractivity contribution in [3.05, 3.63) is 36.9 Å². The number of fused-ring (bicyclic) bond motifs is 1. The van der Waals surface area contributed by atoms with E-state index >= 15 is 0 Å². The van der Waals surface area contributed by atoms with Crippen LogP contribution in [0.1, 0.15) is 19.8 Å². The van der Waals surface area contributed by atoms with Gasteiger partial charge >= 0.3 is 5.97 Å². The predicted octanol–water partition coefficient (Wildman–Crippen LogP) is 1.82. The maximum Gasteiger partial charge on any atom is 0.310 e. The molecule has 34 heavy (non-hydrogen) atoms. The van der Waals surface area contributed by atoms with Gasteiger partial charge in [-0.05, 0) is 37.1 Å². The first-order chi connectivity index (χ1) is 16.2. The van der Waals surface area contributed by atoms with Gasteiger partial charge in [-0.1, -0.05) is 28.9 Å². The third-order valence-electron chi connectivity index (χ3n) is 7.28. The number of anilines is 1. The Hall–Kier alpha value is -2.43. The third kappa shape index (κ3) is 3.54. The van der Waals surface area contributed by atoms with E-state index in [-0.39, 0.29) is 18.0 Å². The first-order valence-electron chi connectivity index (χ1n) is 11.3. The van der Waals surface area contributed by atoms with Crippen LogP contribution in [0.5, 0.6) is 5.75 Å². The number of aliphatic hydroxyl groups excluding tert-OH is 1. The first-order valence-corrected chi connectivity index (χ1v) is 12.2. The van der Waals surface area contributed by atoms with Crippen molar-refractivity contribution >= 4 is 39.4 Å². The number of nitrogens with zero attached hydrogens (tertiary/aromatic N) is 2. The lowest BCUT2D eigenvalue weighted by atomic mass is 9.70. The fourth-order valence-corrected chi connectivity index (χ4v) is 6.74. The van der Waals surface area contributed by atoms with Crippen molar-refractivity contribution < 1.29 is 34.1 Å². The highest BCUT2D eigenvalue weighted by Crippen LogP contribution is 2.60. The number of aliphatic hydroxyl groups is 1. The van der Waals surface area contributed by atoms with Gasteiger partial charge in [-0.2, -0.15) is 0 Å². The quantitative estimate of drug-likeness (QED) is 0.365. The lowest BCUT2D eigenvalue weighted by Crippen LogP contribution is -2.59. The Labute approximate surface area is 206 Å². The largest absolute Gasteiger partial charge is 0.497 e. The standard InChI is InChI=1S/C24H29BrN2O7/c1-4-10-26(14-6-8-15(33-3)9-7-14)22(30)20-24-11-16(25)19(34-24)17(23(31)32)18(24)21(29)27(20)13(5-2)12-28/h4,6-9,13,16-20,28H,1,5,10-12H2,2-3H3,(H,31,32)/t13-,16?,17-,18+,19-,20-,24+/m0/s1. The Kier molecular flexibility index (Phi) is 6.76. The van der Waals surface area contributed by atoms with Crippen LogP contribution >= 0.6 is 15.9 Å². The van der Waals surface area contributed by atoms with Gasteiger partial charge in [-0.3, -0.25) is 14.4 Å². The van der Waals surface area contributed by atoms with Crippen LogP contribution in [0.4, 0.5) is 5.69 Å². The van der Waals surface area contributed by atoms with Gasteiger partial charge < -0.3 is 29.5 Å². The summed E-state index contributed by atoms with van der Waals surface area (Å²) in [5.41, 5.74) is -0.724. The monoisotopic (exact) mass is 536 g/mol. The summed E-state index contributed by atoms with van der Waals surface area (Å²) in [5, 5.41) is 20.0. The van der Waals surface area contributed by atoms with E-state index in [1.54, 1.807) is 37.5 Å². The molecule has 0 saturated carbocycles. The van der Waals surface area contributed by atoms with E-state index in [4.69, 9.17) is 9.47 Å². The van der Waals surface area contributed by atoms with Gasteiger partial charge in [0, 0.05) is 17.1 Å². The normalized spacial score (nSPS) is 32.4. The zero-order chi connectivity index (χ0) is 24.8. The van der Waals surface area contributed by atoms with Crippen LogP contribution in [0.15, 0.2) is 36.9 Å². The number of alkyl halides is 1. The highest BCUT2D eigenvalue weighted by atomic mass is 79.9.